The lowest BCUT2D eigenvalue weighted by atomic mass is 10.1. The molecule has 0 aliphatic rings. The predicted octanol–water partition coefficient (Wildman–Crippen LogP) is 2.97. The number of aromatic nitrogens is 1. The van der Waals surface area contributed by atoms with E-state index < -0.39 is 0 Å². The van der Waals surface area contributed by atoms with Crippen molar-refractivity contribution in [2.45, 2.75) is 13.5 Å². The van der Waals surface area contributed by atoms with Gasteiger partial charge in [-0.2, -0.15) is 0 Å². The molecule has 1 aromatic heterocycles. The number of fused-ring (bicyclic) bond motifs is 1. The second-order valence-corrected chi connectivity index (χ2v) is 5.18. The molecule has 4 heteroatoms. The van der Waals surface area contributed by atoms with Crippen LogP contribution in [0.2, 0.25) is 0 Å². The van der Waals surface area contributed by atoms with Crippen LogP contribution in [0.15, 0.2) is 60.8 Å². The number of imide groups is 1. The zero-order valence-electron chi connectivity index (χ0n) is 12.2. The molecule has 3 rings (SSSR count). The minimum atomic E-state index is -0.365. The van der Waals surface area contributed by atoms with E-state index in [-0.39, 0.29) is 11.8 Å². The standard InChI is InChI=1S/C18H16N2O2/c1-13(21)19-18(22)16-12-20(11-14-7-3-2-4-8-14)17-10-6-5-9-15(16)17/h2-10,12H,11H2,1H3,(H,19,21,22). The molecule has 0 aliphatic heterocycles. The summed E-state index contributed by atoms with van der Waals surface area (Å²) >= 11 is 0. The molecule has 4 nitrogen and oxygen atoms in total. The van der Waals surface area contributed by atoms with Crippen LogP contribution >= 0.6 is 0 Å². The topological polar surface area (TPSA) is 51.1 Å². The number of hydrogen-bond acceptors (Lipinski definition) is 2. The molecule has 0 aliphatic carbocycles. The Morgan fingerprint density at radius 1 is 1.00 bits per heavy atom. The number of para-hydroxylation sites is 1. The molecule has 22 heavy (non-hydrogen) atoms. The molecule has 1 N–H and O–H groups in total. The van der Waals surface area contributed by atoms with Crippen LogP contribution in [0.5, 0.6) is 0 Å². The summed E-state index contributed by atoms with van der Waals surface area (Å²) in [6.45, 7) is 2.01. The largest absolute Gasteiger partial charge is 0.342 e. The molecule has 3 aromatic rings. The molecule has 1 heterocycles. The maximum atomic E-state index is 12.2. The lowest BCUT2D eigenvalue weighted by Crippen LogP contribution is -2.27. The number of amides is 2. The molecule has 0 bridgehead atoms. The van der Waals surface area contributed by atoms with Gasteiger partial charge in [0.25, 0.3) is 5.91 Å². The summed E-state index contributed by atoms with van der Waals surface area (Å²) in [5, 5.41) is 3.18. The fourth-order valence-electron chi connectivity index (χ4n) is 2.57. The highest BCUT2D eigenvalue weighted by atomic mass is 16.2. The summed E-state index contributed by atoms with van der Waals surface area (Å²) in [5.41, 5.74) is 2.64. The second kappa shape index (κ2) is 5.85. The Bertz CT molecular complexity index is 835. The van der Waals surface area contributed by atoms with Gasteiger partial charge in [-0.05, 0) is 11.6 Å². The van der Waals surface area contributed by atoms with E-state index in [1.807, 2.05) is 59.2 Å². The van der Waals surface area contributed by atoms with Gasteiger partial charge in [0.15, 0.2) is 0 Å². The van der Waals surface area contributed by atoms with E-state index in [0.717, 1.165) is 16.5 Å². The maximum Gasteiger partial charge on any atom is 0.260 e. The summed E-state index contributed by atoms with van der Waals surface area (Å²) in [6.07, 6.45) is 1.80. The van der Waals surface area contributed by atoms with Crippen molar-refractivity contribution in [3.05, 3.63) is 71.9 Å². The van der Waals surface area contributed by atoms with Crippen LogP contribution in [0, 0.1) is 0 Å². The Morgan fingerprint density at radius 2 is 1.68 bits per heavy atom. The Morgan fingerprint density at radius 3 is 2.41 bits per heavy atom. The van der Waals surface area contributed by atoms with E-state index in [1.54, 1.807) is 6.20 Å². The monoisotopic (exact) mass is 292 g/mol. The van der Waals surface area contributed by atoms with Crippen molar-refractivity contribution in [3.63, 3.8) is 0 Å². The van der Waals surface area contributed by atoms with Crippen molar-refractivity contribution in [2.24, 2.45) is 0 Å². The SMILES string of the molecule is CC(=O)NC(=O)c1cn(Cc2ccccc2)c2ccccc12. The molecular weight excluding hydrogens is 276 g/mol. The van der Waals surface area contributed by atoms with Crippen LogP contribution in [0.25, 0.3) is 10.9 Å². The smallest absolute Gasteiger partial charge is 0.260 e. The Hall–Kier alpha value is -2.88. The lowest BCUT2D eigenvalue weighted by Gasteiger charge is -2.05. The Labute approximate surface area is 128 Å². The van der Waals surface area contributed by atoms with Gasteiger partial charge in [0.05, 0.1) is 5.56 Å². The minimum absolute atomic E-state index is 0.357. The highest BCUT2D eigenvalue weighted by Crippen LogP contribution is 2.22. The lowest BCUT2D eigenvalue weighted by molar-refractivity contribution is -0.118. The molecule has 0 fully saturated rings. The van der Waals surface area contributed by atoms with Crippen molar-refractivity contribution < 1.29 is 9.59 Å². The van der Waals surface area contributed by atoms with Crippen LogP contribution in [-0.2, 0) is 11.3 Å². The molecule has 0 saturated heterocycles. The molecule has 110 valence electrons. The molecule has 0 radical (unpaired) electrons. The van der Waals surface area contributed by atoms with Crippen molar-refractivity contribution in [1.29, 1.82) is 0 Å². The third-order valence-electron chi connectivity index (χ3n) is 3.52. The average Bonchev–Trinajstić information content (AvgIpc) is 2.87. The molecular formula is C18H16N2O2. The summed E-state index contributed by atoms with van der Waals surface area (Å²) in [4.78, 5) is 23.3. The molecule has 2 amide bonds. The quantitative estimate of drug-likeness (QED) is 0.807. The summed E-state index contributed by atoms with van der Waals surface area (Å²) in [7, 11) is 0. The van der Waals surface area contributed by atoms with Gasteiger partial charge in [-0.1, -0.05) is 48.5 Å². The summed E-state index contributed by atoms with van der Waals surface area (Å²) < 4.78 is 2.03. The first-order valence-electron chi connectivity index (χ1n) is 7.09. The van der Waals surface area contributed by atoms with Crippen LogP contribution in [0.3, 0.4) is 0 Å². The third kappa shape index (κ3) is 2.76. The van der Waals surface area contributed by atoms with Crippen LogP contribution < -0.4 is 5.32 Å². The second-order valence-electron chi connectivity index (χ2n) is 5.18. The first-order chi connectivity index (χ1) is 10.6. The van der Waals surface area contributed by atoms with Gasteiger partial charge in [0.2, 0.25) is 5.91 Å². The number of nitrogens with one attached hydrogen (secondary N) is 1. The van der Waals surface area contributed by atoms with Crippen LogP contribution in [-0.4, -0.2) is 16.4 Å². The van der Waals surface area contributed by atoms with Crippen molar-refractivity contribution in [1.82, 2.24) is 9.88 Å². The maximum absolute atomic E-state index is 12.2. The third-order valence-corrected chi connectivity index (χ3v) is 3.52. The number of nitrogens with zero attached hydrogens (tertiary/aromatic N) is 1. The zero-order valence-corrected chi connectivity index (χ0v) is 12.2. The van der Waals surface area contributed by atoms with Crippen LogP contribution in [0.1, 0.15) is 22.8 Å². The Kier molecular flexibility index (Phi) is 3.74. The van der Waals surface area contributed by atoms with E-state index in [2.05, 4.69) is 5.32 Å². The number of hydrogen-bond donors (Lipinski definition) is 1. The fourth-order valence-corrected chi connectivity index (χ4v) is 2.57. The number of carbonyl (C=O) groups excluding carboxylic acids is 2. The minimum Gasteiger partial charge on any atom is -0.342 e. The van der Waals surface area contributed by atoms with Gasteiger partial charge in [0.1, 0.15) is 0 Å². The van der Waals surface area contributed by atoms with E-state index in [4.69, 9.17) is 0 Å². The van der Waals surface area contributed by atoms with E-state index >= 15 is 0 Å². The van der Waals surface area contributed by atoms with Crippen molar-refractivity contribution in [3.8, 4) is 0 Å². The van der Waals surface area contributed by atoms with Gasteiger partial charge in [0, 0.05) is 30.6 Å². The number of carbonyl (C=O) groups is 2. The van der Waals surface area contributed by atoms with Crippen molar-refractivity contribution in [2.75, 3.05) is 0 Å². The van der Waals surface area contributed by atoms with Gasteiger partial charge in [-0.3, -0.25) is 14.9 Å². The molecule has 0 atom stereocenters. The molecule has 0 spiro atoms. The van der Waals surface area contributed by atoms with Crippen molar-refractivity contribution >= 4 is 22.7 Å². The Balaban J connectivity index is 2.04. The number of benzene rings is 2. The first kappa shape index (κ1) is 14.1. The van der Waals surface area contributed by atoms with Crippen LogP contribution in [0.4, 0.5) is 0 Å². The van der Waals surface area contributed by atoms with Gasteiger partial charge in [-0.25, -0.2) is 0 Å². The number of rotatable bonds is 3. The van der Waals surface area contributed by atoms with Gasteiger partial charge < -0.3 is 4.57 Å². The van der Waals surface area contributed by atoms with E-state index in [0.29, 0.717) is 12.1 Å². The molecule has 0 saturated carbocycles. The first-order valence-corrected chi connectivity index (χ1v) is 7.09. The highest BCUT2D eigenvalue weighted by molar-refractivity contribution is 6.11. The predicted molar refractivity (Wildman–Crippen MR) is 85.6 cm³/mol. The van der Waals surface area contributed by atoms with E-state index in [9.17, 15) is 9.59 Å². The zero-order chi connectivity index (χ0) is 15.5. The van der Waals surface area contributed by atoms with E-state index in [1.165, 1.54) is 6.92 Å². The average molecular weight is 292 g/mol. The fraction of sp³-hybridized carbons (Fsp3) is 0.111. The summed E-state index contributed by atoms with van der Waals surface area (Å²) in [5.74, 6) is -0.722. The molecule has 2 aromatic carbocycles. The van der Waals surface area contributed by atoms with Gasteiger partial charge >= 0.3 is 0 Å². The summed E-state index contributed by atoms with van der Waals surface area (Å²) in [6, 6.07) is 17.7. The highest BCUT2D eigenvalue weighted by Gasteiger charge is 2.15. The van der Waals surface area contributed by atoms with Gasteiger partial charge in [-0.15, -0.1) is 0 Å². The normalized spacial score (nSPS) is 10.6. The molecule has 0 unspecified atom stereocenters.